The van der Waals surface area contributed by atoms with Gasteiger partial charge in [0.2, 0.25) is 0 Å². The van der Waals surface area contributed by atoms with Crippen LogP contribution in [0.3, 0.4) is 0 Å². The summed E-state index contributed by atoms with van der Waals surface area (Å²) in [7, 11) is 0. The topological polar surface area (TPSA) is 58.3 Å². The van der Waals surface area contributed by atoms with Crippen molar-refractivity contribution in [2.24, 2.45) is 0 Å². The zero-order valence-corrected chi connectivity index (χ0v) is 12.2. The number of fused-ring (bicyclic) bond motifs is 1. The van der Waals surface area contributed by atoms with E-state index < -0.39 is 5.41 Å². The molecule has 2 heterocycles. The van der Waals surface area contributed by atoms with E-state index in [4.69, 9.17) is 0 Å². The lowest BCUT2D eigenvalue weighted by atomic mass is 9.94. The number of rotatable bonds is 3. The average molecular weight is 292 g/mol. The Kier molecular flexibility index (Phi) is 2.57. The van der Waals surface area contributed by atoms with Gasteiger partial charge in [0.1, 0.15) is 0 Å². The third kappa shape index (κ3) is 1.61. The van der Waals surface area contributed by atoms with Crippen LogP contribution in [-0.2, 0) is 12.0 Å². The Morgan fingerprint density at radius 1 is 1.00 bits per heavy atom. The summed E-state index contributed by atoms with van der Waals surface area (Å²) >= 11 is 0. The van der Waals surface area contributed by atoms with Gasteiger partial charge in [-0.25, -0.2) is 0 Å². The lowest BCUT2D eigenvalue weighted by Crippen LogP contribution is -2.10. The summed E-state index contributed by atoms with van der Waals surface area (Å²) in [6.45, 7) is 2.45. The fourth-order valence-electron chi connectivity index (χ4n) is 3.28. The predicted octanol–water partition coefficient (Wildman–Crippen LogP) is 3.01. The molecular formula is C18H16N2O2. The first kappa shape index (κ1) is 13.0. The highest BCUT2D eigenvalue weighted by atomic mass is 16.3. The molecule has 4 rings (SSSR count). The van der Waals surface area contributed by atoms with E-state index in [1.54, 1.807) is 17.0 Å². The number of pyridine rings is 1. The molecule has 0 saturated carbocycles. The zero-order chi connectivity index (χ0) is 15.3. The first-order valence-electron chi connectivity index (χ1n) is 7.24. The number of benzene rings is 1. The van der Waals surface area contributed by atoms with Gasteiger partial charge in [0.25, 0.3) is 0 Å². The minimum absolute atomic E-state index is 0.141. The van der Waals surface area contributed by atoms with Gasteiger partial charge in [0.15, 0.2) is 11.8 Å². The van der Waals surface area contributed by atoms with E-state index in [1.807, 2.05) is 49.4 Å². The van der Waals surface area contributed by atoms with Crippen LogP contribution >= 0.6 is 0 Å². The molecule has 0 saturated heterocycles. The van der Waals surface area contributed by atoms with Crippen LogP contribution in [0.25, 0.3) is 0 Å². The molecule has 4 nitrogen and oxygen atoms in total. The Balaban J connectivity index is 1.73. The van der Waals surface area contributed by atoms with Crippen molar-refractivity contribution < 1.29 is 10.2 Å². The van der Waals surface area contributed by atoms with Gasteiger partial charge in [-0.05, 0) is 24.1 Å². The molecule has 2 N–H and O–H groups in total. The molecule has 22 heavy (non-hydrogen) atoms. The molecule has 1 aliphatic rings. The second-order valence-corrected chi connectivity index (χ2v) is 5.84. The van der Waals surface area contributed by atoms with E-state index in [0.717, 1.165) is 22.3 Å². The number of nitrogens with zero attached hydrogens (tertiary/aromatic N) is 2. The SMILES string of the molecule is CC1(c2cccnc2)c2c1c(O)n(Cc1ccccc1)c2O. The second-order valence-electron chi connectivity index (χ2n) is 5.84. The van der Waals surface area contributed by atoms with Crippen LogP contribution in [0.15, 0.2) is 54.9 Å². The molecule has 0 amide bonds. The van der Waals surface area contributed by atoms with Crippen molar-refractivity contribution >= 4 is 0 Å². The molecule has 0 atom stereocenters. The van der Waals surface area contributed by atoms with Crippen molar-refractivity contribution in [3.63, 3.8) is 0 Å². The lowest BCUT2D eigenvalue weighted by molar-refractivity contribution is 0.364. The first-order valence-corrected chi connectivity index (χ1v) is 7.24. The minimum Gasteiger partial charge on any atom is -0.494 e. The maximum absolute atomic E-state index is 10.5. The van der Waals surface area contributed by atoms with Crippen LogP contribution in [0.5, 0.6) is 11.8 Å². The molecule has 0 unspecified atom stereocenters. The molecule has 0 radical (unpaired) electrons. The maximum Gasteiger partial charge on any atom is 0.199 e. The van der Waals surface area contributed by atoms with Gasteiger partial charge in [0, 0.05) is 23.5 Å². The van der Waals surface area contributed by atoms with E-state index in [9.17, 15) is 10.2 Å². The minimum atomic E-state index is -0.421. The molecular weight excluding hydrogens is 276 g/mol. The van der Waals surface area contributed by atoms with Gasteiger partial charge in [0.05, 0.1) is 12.0 Å². The second kappa shape index (κ2) is 4.37. The summed E-state index contributed by atoms with van der Waals surface area (Å²) in [5.41, 5.74) is 3.20. The van der Waals surface area contributed by atoms with E-state index in [-0.39, 0.29) is 11.8 Å². The molecule has 0 bridgehead atoms. The van der Waals surface area contributed by atoms with Crippen LogP contribution in [0.4, 0.5) is 0 Å². The van der Waals surface area contributed by atoms with Crippen LogP contribution in [0, 0.1) is 0 Å². The van der Waals surface area contributed by atoms with Gasteiger partial charge >= 0.3 is 0 Å². The van der Waals surface area contributed by atoms with Crippen molar-refractivity contribution in [3.05, 3.63) is 77.1 Å². The molecule has 1 aliphatic carbocycles. The lowest BCUT2D eigenvalue weighted by Gasteiger charge is -2.16. The van der Waals surface area contributed by atoms with Crippen molar-refractivity contribution in [1.82, 2.24) is 9.55 Å². The Morgan fingerprint density at radius 3 is 2.27 bits per heavy atom. The summed E-state index contributed by atoms with van der Waals surface area (Å²) in [5, 5.41) is 21.0. The van der Waals surface area contributed by atoms with E-state index >= 15 is 0 Å². The maximum atomic E-state index is 10.5. The Labute approximate surface area is 128 Å². The van der Waals surface area contributed by atoms with Gasteiger partial charge < -0.3 is 10.2 Å². The fraction of sp³-hybridized carbons (Fsp3) is 0.167. The molecule has 2 aromatic heterocycles. The third-order valence-corrected chi connectivity index (χ3v) is 4.57. The number of hydrogen-bond acceptors (Lipinski definition) is 3. The van der Waals surface area contributed by atoms with Crippen LogP contribution in [-0.4, -0.2) is 19.8 Å². The van der Waals surface area contributed by atoms with Gasteiger partial charge in [-0.15, -0.1) is 0 Å². The average Bonchev–Trinajstić information content (AvgIpc) is 3.12. The summed E-state index contributed by atoms with van der Waals surface area (Å²) < 4.78 is 1.55. The van der Waals surface area contributed by atoms with Crippen molar-refractivity contribution in [3.8, 4) is 11.8 Å². The van der Waals surface area contributed by atoms with Crippen LogP contribution < -0.4 is 0 Å². The van der Waals surface area contributed by atoms with E-state index in [1.165, 1.54) is 0 Å². The third-order valence-electron chi connectivity index (χ3n) is 4.57. The van der Waals surface area contributed by atoms with Crippen molar-refractivity contribution in [1.29, 1.82) is 0 Å². The zero-order valence-electron chi connectivity index (χ0n) is 12.2. The molecule has 0 aliphatic heterocycles. The van der Waals surface area contributed by atoms with Crippen molar-refractivity contribution in [2.45, 2.75) is 18.9 Å². The molecule has 4 heteroatoms. The van der Waals surface area contributed by atoms with Crippen molar-refractivity contribution in [2.75, 3.05) is 0 Å². The normalized spacial score (nSPS) is 14.6. The quantitative estimate of drug-likeness (QED) is 0.780. The summed E-state index contributed by atoms with van der Waals surface area (Å²) in [5.74, 6) is 0.283. The highest BCUT2D eigenvalue weighted by Gasteiger charge is 2.56. The highest BCUT2D eigenvalue weighted by Crippen LogP contribution is 2.63. The van der Waals surface area contributed by atoms with Crippen LogP contribution in [0.1, 0.15) is 29.2 Å². The van der Waals surface area contributed by atoms with E-state index in [0.29, 0.717) is 6.54 Å². The largest absolute Gasteiger partial charge is 0.494 e. The monoisotopic (exact) mass is 292 g/mol. The first-order chi connectivity index (χ1) is 10.6. The fourth-order valence-corrected chi connectivity index (χ4v) is 3.28. The van der Waals surface area contributed by atoms with Gasteiger partial charge in [-0.2, -0.15) is 0 Å². The van der Waals surface area contributed by atoms with Gasteiger partial charge in [-0.1, -0.05) is 36.4 Å². The standard InChI is InChI=1S/C18H16N2O2/c1-18(13-8-5-9-19-10-13)14-15(18)17(22)20(16(14)21)11-12-6-3-2-4-7-12/h2-10,21-22H,11H2,1H3. The smallest absolute Gasteiger partial charge is 0.199 e. The number of aromatic nitrogens is 2. The van der Waals surface area contributed by atoms with E-state index in [2.05, 4.69) is 4.98 Å². The summed E-state index contributed by atoms with van der Waals surface area (Å²) in [4.78, 5) is 4.13. The molecule has 3 aromatic rings. The number of aromatic hydroxyl groups is 2. The molecule has 0 spiro atoms. The Hall–Kier alpha value is -2.75. The Morgan fingerprint density at radius 2 is 1.68 bits per heavy atom. The van der Waals surface area contributed by atoms with Gasteiger partial charge in [-0.3, -0.25) is 9.55 Å². The predicted molar refractivity (Wildman–Crippen MR) is 83.1 cm³/mol. The molecule has 0 fully saturated rings. The number of hydrogen-bond donors (Lipinski definition) is 2. The highest BCUT2D eigenvalue weighted by molar-refractivity contribution is 5.75. The summed E-state index contributed by atoms with van der Waals surface area (Å²) in [6, 6.07) is 13.6. The molecule has 110 valence electrons. The Bertz CT molecular complexity index is 811. The summed E-state index contributed by atoms with van der Waals surface area (Å²) in [6.07, 6.45) is 3.50. The molecule has 1 aromatic carbocycles. The van der Waals surface area contributed by atoms with Crippen LogP contribution in [0.2, 0.25) is 0 Å².